The second-order valence-corrected chi connectivity index (χ2v) is 10.1. The molecule has 2 aromatic rings. The number of aromatic nitrogens is 2. The van der Waals surface area contributed by atoms with Gasteiger partial charge >= 0.3 is 0 Å². The van der Waals surface area contributed by atoms with Crippen molar-refractivity contribution in [3.05, 3.63) is 54.1 Å². The average Bonchev–Trinajstić information content (AvgIpc) is 2.94. The first-order valence-electron chi connectivity index (χ1n) is 13.2. The summed E-state index contributed by atoms with van der Waals surface area (Å²) in [6.45, 7) is 5.44. The minimum Gasteiger partial charge on any atom is -0.494 e. The molecular weight excluding hydrogens is 470 g/mol. The van der Waals surface area contributed by atoms with Crippen molar-refractivity contribution in [1.29, 1.82) is 0 Å². The Balaban J connectivity index is 1.57. The summed E-state index contributed by atoms with van der Waals surface area (Å²) >= 11 is 0. The van der Waals surface area contributed by atoms with Gasteiger partial charge in [-0.05, 0) is 55.7 Å². The minimum absolute atomic E-state index is 0.0359. The third kappa shape index (κ3) is 6.64. The molecule has 0 atom stereocenters. The number of carbonyl (C=O) groups is 3. The first kappa shape index (κ1) is 26.6. The van der Waals surface area contributed by atoms with Gasteiger partial charge in [0.25, 0.3) is 11.8 Å². The van der Waals surface area contributed by atoms with E-state index in [2.05, 4.69) is 9.97 Å². The Bertz CT molecular complexity index is 1080. The number of hydrogen-bond donors (Lipinski definition) is 0. The molecule has 0 saturated carbocycles. The second-order valence-electron chi connectivity index (χ2n) is 10.1. The third-order valence-corrected chi connectivity index (χ3v) is 7.53. The summed E-state index contributed by atoms with van der Waals surface area (Å²) in [5.74, 6) is 0.645. The van der Waals surface area contributed by atoms with E-state index in [1.54, 1.807) is 17.2 Å². The zero-order valence-electron chi connectivity index (χ0n) is 21.9. The van der Waals surface area contributed by atoms with E-state index in [9.17, 15) is 14.4 Å². The van der Waals surface area contributed by atoms with Crippen LogP contribution in [0.2, 0.25) is 0 Å². The molecule has 9 heteroatoms. The summed E-state index contributed by atoms with van der Waals surface area (Å²) in [4.78, 5) is 52.7. The summed E-state index contributed by atoms with van der Waals surface area (Å²) in [5, 5.41) is 0. The lowest BCUT2D eigenvalue weighted by Crippen LogP contribution is -2.48. The van der Waals surface area contributed by atoms with Crippen molar-refractivity contribution >= 4 is 17.7 Å². The number of piperidine rings is 1. The Morgan fingerprint density at radius 1 is 1.03 bits per heavy atom. The third-order valence-electron chi connectivity index (χ3n) is 7.53. The van der Waals surface area contributed by atoms with Crippen molar-refractivity contribution in [2.24, 2.45) is 5.41 Å². The van der Waals surface area contributed by atoms with Gasteiger partial charge in [-0.3, -0.25) is 19.4 Å². The van der Waals surface area contributed by atoms with Gasteiger partial charge in [-0.1, -0.05) is 13.0 Å². The van der Waals surface area contributed by atoms with Crippen LogP contribution in [0.25, 0.3) is 0 Å². The maximum Gasteiger partial charge on any atom is 0.274 e. The van der Waals surface area contributed by atoms with E-state index in [1.807, 2.05) is 42.0 Å². The fraction of sp³-hybridized carbons (Fsp3) is 0.536. The van der Waals surface area contributed by atoms with Crippen molar-refractivity contribution < 1.29 is 19.1 Å². The zero-order valence-corrected chi connectivity index (χ0v) is 21.9. The molecule has 9 nitrogen and oxygen atoms in total. The van der Waals surface area contributed by atoms with Crippen LogP contribution in [-0.4, -0.2) is 88.8 Å². The van der Waals surface area contributed by atoms with Crippen LogP contribution < -0.4 is 4.74 Å². The van der Waals surface area contributed by atoms with Gasteiger partial charge in [0.05, 0.1) is 12.8 Å². The second kappa shape index (κ2) is 12.2. The molecule has 1 aromatic heterocycles. The van der Waals surface area contributed by atoms with E-state index in [4.69, 9.17) is 4.74 Å². The van der Waals surface area contributed by atoms with E-state index in [0.29, 0.717) is 69.2 Å². The number of carbonyl (C=O) groups excluding carboxylic acids is 3. The number of benzene rings is 1. The maximum atomic E-state index is 13.3. The molecule has 4 rings (SSSR count). The van der Waals surface area contributed by atoms with E-state index < -0.39 is 0 Å². The Labute approximate surface area is 218 Å². The molecule has 3 heterocycles. The predicted molar refractivity (Wildman–Crippen MR) is 139 cm³/mol. The number of rotatable bonds is 2. The Hall–Kier alpha value is -3.49. The van der Waals surface area contributed by atoms with Crippen molar-refractivity contribution in [3.8, 4) is 5.75 Å². The lowest BCUT2D eigenvalue weighted by atomic mass is 9.74. The lowest BCUT2D eigenvalue weighted by Gasteiger charge is -2.44. The van der Waals surface area contributed by atoms with Gasteiger partial charge in [0.15, 0.2) is 0 Å². The van der Waals surface area contributed by atoms with Crippen molar-refractivity contribution in [3.63, 3.8) is 0 Å². The van der Waals surface area contributed by atoms with E-state index in [0.717, 1.165) is 25.7 Å². The Kier molecular flexibility index (Phi) is 8.74. The molecule has 0 unspecified atom stereocenters. The van der Waals surface area contributed by atoms with Crippen LogP contribution in [0.15, 0.2) is 42.9 Å². The molecule has 0 N–H and O–H groups in total. The summed E-state index contributed by atoms with van der Waals surface area (Å²) in [7, 11) is 1.85. The Morgan fingerprint density at radius 2 is 1.81 bits per heavy atom. The number of fused-ring (bicyclic) bond motifs is 2. The molecule has 1 aromatic carbocycles. The van der Waals surface area contributed by atoms with Crippen LogP contribution in [0.3, 0.4) is 0 Å². The van der Waals surface area contributed by atoms with Crippen molar-refractivity contribution in [2.45, 2.75) is 45.4 Å². The van der Waals surface area contributed by atoms with E-state index >= 15 is 0 Å². The largest absolute Gasteiger partial charge is 0.494 e. The molecule has 0 radical (unpaired) electrons. The Morgan fingerprint density at radius 3 is 2.54 bits per heavy atom. The average molecular weight is 508 g/mol. The highest BCUT2D eigenvalue weighted by atomic mass is 16.5. The highest BCUT2D eigenvalue weighted by Crippen LogP contribution is 2.38. The number of amides is 3. The van der Waals surface area contributed by atoms with Crippen molar-refractivity contribution in [1.82, 2.24) is 24.7 Å². The molecule has 2 aliphatic heterocycles. The number of ether oxygens (including phenoxy) is 1. The van der Waals surface area contributed by atoms with Gasteiger partial charge in [0.2, 0.25) is 5.91 Å². The van der Waals surface area contributed by atoms with Crippen LogP contribution in [0.4, 0.5) is 0 Å². The van der Waals surface area contributed by atoms with Gasteiger partial charge in [0.1, 0.15) is 11.4 Å². The predicted octanol–water partition coefficient (Wildman–Crippen LogP) is 3.27. The van der Waals surface area contributed by atoms with Crippen LogP contribution >= 0.6 is 0 Å². The van der Waals surface area contributed by atoms with Crippen LogP contribution in [-0.2, 0) is 4.79 Å². The topological polar surface area (TPSA) is 95.9 Å². The standard InChI is InChI=1S/C28H37N5O4/c1-3-25(34)32-16-10-28(11-17-32)9-5-14-33(27(36)24-20-29-12-13-30-24)15-6-18-37-23-8-4-7-22(19-23)26(35)31(2)21-28/h4,7-8,12-13,19-20H,3,5-6,9-11,14-18,21H2,1-2H3. The van der Waals surface area contributed by atoms with E-state index in [1.165, 1.54) is 12.4 Å². The molecule has 2 aliphatic rings. The molecule has 1 spiro atoms. The number of nitrogens with zero attached hydrogens (tertiary/aromatic N) is 5. The highest BCUT2D eigenvalue weighted by Gasteiger charge is 2.37. The van der Waals surface area contributed by atoms with Crippen LogP contribution in [0.5, 0.6) is 5.75 Å². The molecule has 198 valence electrons. The summed E-state index contributed by atoms with van der Waals surface area (Å²) < 4.78 is 5.92. The molecular formula is C28H37N5O4. The molecule has 3 amide bonds. The van der Waals surface area contributed by atoms with Gasteiger partial charge in [0, 0.05) is 64.1 Å². The fourth-order valence-electron chi connectivity index (χ4n) is 5.43. The summed E-state index contributed by atoms with van der Waals surface area (Å²) in [5.41, 5.74) is 0.813. The SMILES string of the molecule is CCC(=O)N1CCC2(CCCN(C(=O)c3cnccn3)CCCOc3cccc(c3)C(=O)N(C)C2)CC1. The number of hydrogen-bond acceptors (Lipinski definition) is 6. The minimum atomic E-state index is -0.135. The zero-order chi connectivity index (χ0) is 26.3. The van der Waals surface area contributed by atoms with Crippen molar-refractivity contribution in [2.75, 3.05) is 46.4 Å². The van der Waals surface area contributed by atoms with Gasteiger partial charge < -0.3 is 19.4 Å². The summed E-state index contributed by atoms with van der Waals surface area (Å²) in [6.07, 6.45) is 9.07. The van der Waals surface area contributed by atoms with Gasteiger partial charge in [-0.15, -0.1) is 0 Å². The quantitative estimate of drug-likeness (QED) is 0.619. The number of likely N-dealkylation sites (tertiary alicyclic amines) is 1. The van der Waals surface area contributed by atoms with Gasteiger partial charge in [-0.25, -0.2) is 4.98 Å². The molecule has 37 heavy (non-hydrogen) atoms. The molecule has 1 saturated heterocycles. The first-order chi connectivity index (χ1) is 17.9. The molecule has 1 fully saturated rings. The first-order valence-corrected chi connectivity index (χ1v) is 13.2. The lowest BCUT2D eigenvalue weighted by molar-refractivity contribution is -0.133. The fourth-order valence-corrected chi connectivity index (χ4v) is 5.43. The normalized spacial score (nSPS) is 19.1. The van der Waals surface area contributed by atoms with Crippen LogP contribution in [0, 0.1) is 5.41 Å². The molecule has 0 aliphatic carbocycles. The monoisotopic (exact) mass is 507 g/mol. The van der Waals surface area contributed by atoms with Gasteiger partial charge in [-0.2, -0.15) is 0 Å². The van der Waals surface area contributed by atoms with E-state index in [-0.39, 0.29) is 23.1 Å². The summed E-state index contributed by atoms with van der Waals surface area (Å²) in [6, 6.07) is 7.29. The highest BCUT2D eigenvalue weighted by molar-refractivity contribution is 5.94. The molecule has 2 bridgehead atoms. The van der Waals surface area contributed by atoms with Crippen LogP contribution in [0.1, 0.15) is 66.3 Å². The smallest absolute Gasteiger partial charge is 0.274 e. The maximum absolute atomic E-state index is 13.3.